The van der Waals surface area contributed by atoms with E-state index in [4.69, 9.17) is 19.2 Å². The van der Waals surface area contributed by atoms with Crippen LogP contribution in [-0.2, 0) is 11.3 Å². The summed E-state index contributed by atoms with van der Waals surface area (Å²) >= 11 is 0. The molecule has 0 amide bonds. The van der Waals surface area contributed by atoms with E-state index in [1.54, 1.807) is 24.3 Å². The highest BCUT2D eigenvalue weighted by Gasteiger charge is 2.12. The van der Waals surface area contributed by atoms with Gasteiger partial charge in [0.25, 0.3) is 0 Å². The highest BCUT2D eigenvalue weighted by molar-refractivity contribution is 5.65. The van der Waals surface area contributed by atoms with Crippen molar-refractivity contribution in [3.8, 4) is 34.3 Å². The van der Waals surface area contributed by atoms with Gasteiger partial charge in [0, 0.05) is 42.4 Å². The lowest BCUT2D eigenvalue weighted by Gasteiger charge is -2.26. The topological polar surface area (TPSA) is 56.7 Å². The molecule has 36 heavy (non-hydrogen) atoms. The van der Waals surface area contributed by atoms with Crippen LogP contribution in [0.1, 0.15) is 5.56 Å². The third-order valence-electron chi connectivity index (χ3n) is 6.00. The van der Waals surface area contributed by atoms with Crippen LogP contribution in [0.2, 0.25) is 0 Å². The first-order chi connectivity index (χ1) is 17.7. The Balaban J connectivity index is 1.32. The van der Waals surface area contributed by atoms with E-state index in [1.807, 2.05) is 54.6 Å². The fourth-order valence-corrected chi connectivity index (χ4v) is 3.97. The maximum absolute atomic E-state index is 14.1. The van der Waals surface area contributed by atoms with Gasteiger partial charge in [0.15, 0.2) is 5.82 Å². The molecule has 6 nitrogen and oxygen atoms in total. The van der Waals surface area contributed by atoms with Crippen LogP contribution in [0.4, 0.5) is 4.39 Å². The van der Waals surface area contributed by atoms with Gasteiger partial charge in [-0.15, -0.1) is 0 Å². The van der Waals surface area contributed by atoms with Gasteiger partial charge in [0.2, 0.25) is 5.88 Å². The third-order valence-corrected chi connectivity index (χ3v) is 6.00. The van der Waals surface area contributed by atoms with Gasteiger partial charge in [-0.3, -0.25) is 4.90 Å². The number of ether oxygens (including phenoxy) is 3. The molecule has 184 valence electrons. The molecule has 0 unspecified atom stereocenters. The van der Waals surface area contributed by atoms with E-state index in [-0.39, 0.29) is 12.4 Å². The smallest absolute Gasteiger partial charge is 0.217 e. The zero-order chi connectivity index (χ0) is 24.6. The van der Waals surface area contributed by atoms with Crippen LogP contribution in [0.15, 0.2) is 84.9 Å². The van der Waals surface area contributed by atoms with Crippen molar-refractivity contribution in [2.75, 3.05) is 39.5 Å². The van der Waals surface area contributed by atoms with E-state index in [2.05, 4.69) is 9.88 Å². The minimum atomic E-state index is -0.306. The summed E-state index contributed by atoms with van der Waals surface area (Å²) in [6.45, 7) is 5.01. The lowest BCUT2D eigenvalue weighted by Crippen LogP contribution is -2.38. The van der Waals surface area contributed by atoms with Crippen molar-refractivity contribution in [1.29, 1.82) is 0 Å². The first kappa shape index (κ1) is 23.9. The molecule has 0 bridgehead atoms. The summed E-state index contributed by atoms with van der Waals surface area (Å²) in [5, 5.41) is 0. The average molecular weight is 486 g/mol. The molecule has 0 spiro atoms. The molecule has 7 heteroatoms. The third kappa shape index (κ3) is 6.24. The molecule has 0 atom stereocenters. The molecule has 5 rings (SSSR count). The van der Waals surface area contributed by atoms with Crippen molar-refractivity contribution in [2.45, 2.75) is 6.61 Å². The fraction of sp³-hybridized carbons (Fsp3) is 0.241. The summed E-state index contributed by atoms with van der Waals surface area (Å²) in [7, 11) is 0. The van der Waals surface area contributed by atoms with Crippen LogP contribution in [-0.4, -0.2) is 54.3 Å². The van der Waals surface area contributed by atoms with Crippen molar-refractivity contribution < 1.29 is 18.6 Å². The van der Waals surface area contributed by atoms with Gasteiger partial charge < -0.3 is 14.2 Å². The number of aromatic nitrogens is 2. The van der Waals surface area contributed by atoms with Gasteiger partial charge in [-0.05, 0) is 30.3 Å². The second-order valence-corrected chi connectivity index (χ2v) is 8.49. The number of nitrogens with zero attached hydrogens (tertiary/aromatic N) is 3. The number of morpholine rings is 1. The van der Waals surface area contributed by atoms with E-state index in [0.717, 1.165) is 55.4 Å². The minimum Gasteiger partial charge on any atom is -0.492 e. The zero-order valence-electron chi connectivity index (χ0n) is 20.0. The number of benzene rings is 3. The normalized spacial score (nSPS) is 13.9. The summed E-state index contributed by atoms with van der Waals surface area (Å²) in [6, 6.07) is 25.9. The summed E-state index contributed by atoms with van der Waals surface area (Å²) in [5.41, 5.74) is 2.98. The SMILES string of the molecule is Fc1ccccc1COc1cc(-c2ccccc2)nc(-c2ccc(OCCN3CCOCC3)cc2)n1. The quantitative estimate of drug-likeness (QED) is 0.323. The maximum atomic E-state index is 14.1. The molecule has 0 saturated carbocycles. The molecule has 4 aromatic rings. The summed E-state index contributed by atoms with van der Waals surface area (Å²) in [5.74, 6) is 1.40. The first-order valence-corrected chi connectivity index (χ1v) is 12.1. The molecule has 3 aromatic carbocycles. The van der Waals surface area contributed by atoms with Crippen LogP contribution in [0.5, 0.6) is 11.6 Å². The van der Waals surface area contributed by atoms with E-state index < -0.39 is 0 Å². The predicted octanol–water partition coefficient (Wildman–Crippen LogP) is 5.24. The summed E-state index contributed by atoms with van der Waals surface area (Å²) < 4.78 is 31.3. The number of halogens is 1. The van der Waals surface area contributed by atoms with Gasteiger partial charge in [-0.2, -0.15) is 4.98 Å². The van der Waals surface area contributed by atoms with Crippen LogP contribution >= 0.6 is 0 Å². The molecular formula is C29H28FN3O3. The predicted molar refractivity (Wildman–Crippen MR) is 136 cm³/mol. The Morgan fingerprint density at radius 1 is 0.806 bits per heavy atom. The van der Waals surface area contributed by atoms with Gasteiger partial charge in [0.05, 0.1) is 18.9 Å². The fourth-order valence-electron chi connectivity index (χ4n) is 3.97. The Morgan fingerprint density at radius 3 is 2.33 bits per heavy atom. The number of rotatable bonds is 9. The Morgan fingerprint density at radius 2 is 1.56 bits per heavy atom. The molecule has 0 N–H and O–H groups in total. The maximum Gasteiger partial charge on any atom is 0.217 e. The van der Waals surface area contributed by atoms with Gasteiger partial charge in [-0.1, -0.05) is 48.5 Å². The first-order valence-electron chi connectivity index (χ1n) is 12.1. The van der Waals surface area contributed by atoms with Crippen LogP contribution in [0, 0.1) is 5.82 Å². The second kappa shape index (κ2) is 11.7. The summed E-state index contributed by atoms with van der Waals surface area (Å²) in [6.07, 6.45) is 0. The van der Waals surface area contributed by atoms with Crippen molar-refractivity contribution in [3.05, 3.63) is 96.3 Å². The largest absolute Gasteiger partial charge is 0.492 e. The van der Waals surface area contributed by atoms with E-state index in [9.17, 15) is 4.39 Å². The lowest BCUT2D eigenvalue weighted by molar-refractivity contribution is 0.0322. The average Bonchev–Trinajstić information content (AvgIpc) is 2.94. The highest BCUT2D eigenvalue weighted by Crippen LogP contribution is 2.27. The molecule has 1 fully saturated rings. The zero-order valence-corrected chi connectivity index (χ0v) is 20.0. The van der Waals surface area contributed by atoms with Crippen LogP contribution < -0.4 is 9.47 Å². The van der Waals surface area contributed by atoms with Crippen molar-refractivity contribution in [3.63, 3.8) is 0 Å². The molecule has 0 aliphatic carbocycles. The molecule has 1 aliphatic heterocycles. The highest BCUT2D eigenvalue weighted by atomic mass is 19.1. The number of hydrogen-bond acceptors (Lipinski definition) is 6. The van der Waals surface area contributed by atoms with E-state index in [1.165, 1.54) is 6.07 Å². The van der Waals surface area contributed by atoms with E-state index in [0.29, 0.717) is 23.9 Å². The standard InChI is InChI=1S/C29H28FN3O3/c30-26-9-5-4-8-24(26)21-36-28-20-27(22-6-2-1-3-7-22)31-29(32-28)23-10-12-25(13-11-23)35-19-16-33-14-17-34-18-15-33/h1-13,20H,14-19,21H2. The molecule has 1 aliphatic rings. The van der Waals surface area contributed by atoms with Crippen LogP contribution in [0.3, 0.4) is 0 Å². The molecule has 0 radical (unpaired) electrons. The van der Waals surface area contributed by atoms with Crippen molar-refractivity contribution in [2.24, 2.45) is 0 Å². The van der Waals surface area contributed by atoms with Gasteiger partial charge in [-0.25, -0.2) is 9.37 Å². The Bertz CT molecular complexity index is 1260. The Hall–Kier alpha value is -3.81. The molecule has 1 aromatic heterocycles. The molecule has 1 saturated heterocycles. The Kier molecular flexibility index (Phi) is 7.80. The summed E-state index contributed by atoms with van der Waals surface area (Å²) in [4.78, 5) is 11.7. The molecular weight excluding hydrogens is 457 g/mol. The lowest BCUT2D eigenvalue weighted by atomic mass is 10.1. The Labute approximate surface area is 210 Å². The van der Waals surface area contributed by atoms with Gasteiger partial charge >= 0.3 is 0 Å². The molecule has 2 heterocycles. The second-order valence-electron chi connectivity index (χ2n) is 8.49. The monoisotopic (exact) mass is 485 g/mol. The van der Waals surface area contributed by atoms with Gasteiger partial charge in [0.1, 0.15) is 24.8 Å². The number of hydrogen-bond donors (Lipinski definition) is 0. The van der Waals surface area contributed by atoms with E-state index >= 15 is 0 Å². The van der Waals surface area contributed by atoms with Crippen LogP contribution in [0.25, 0.3) is 22.6 Å². The minimum absolute atomic E-state index is 0.0767. The van der Waals surface area contributed by atoms with Crippen molar-refractivity contribution in [1.82, 2.24) is 14.9 Å². The van der Waals surface area contributed by atoms with Crippen molar-refractivity contribution >= 4 is 0 Å².